The van der Waals surface area contributed by atoms with Gasteiger partial charge in [-0.3, -0.25) is 9.69 Å². The van der Waals surface area contributed by atoms with Crippen LogP contribution >= 0.6 is 0 Å². The van der Waals surface area contributed by atoms with E-state index in [0.29, 0.717) is 25.5 Å². The van der Waals surface area contributed by atoms with Crippen LogP contribution in [-0.4, -0.2) is 47.7 Å². The number of ketones is 1. The van der Waals surface area contributed by atoms with Crippen molar-refractivity contribution in [2.24, 2.45) is 0 Å². The number of carbonyl (C=O) groups is 2. The quantitative estimate of drug-likeness (QED) is 0.460. The molecule has 0 aromatic heterocycles. The molecule has 4 rings (SSSR count). The molecule has 194 valence electrons. The van der Waals surface area contributed by atoms with Crippen LogP contribution in [0.1, 0.15) is 75.5 Å². The molecule has 1 unspecified atom stereocenters. The number of nitrogens with zero attached hydrogens (tertiary/aromatic N) is 1. The van der Waals surface area contributed by atoms with Crippen molar-refractivity contribution in [1.29, 1.82) is 0 Å². The van der Waals surface area contributed by atoms with E-state index in [0.717, 1.165) is 37.0 Å². The molecule has 2 aromatic rings. The minimum absolute atomic E-state index is 0.0506. The van der Waals surface area contributed by atoms with E-state index < -0.39 is 17.7 Å². The summed E-state index contributed by atoms with van der Waals surface area (Å²) < 4.78 is 18.0. The first-order valence-electron chi connectivity index (χ1n) is 13.1. The van der Waals surface area contributed by atoms with Crippen LogP contribution in [0.15, 0.2) is 48.5 Å². The molecule has 1 saturated heterocycles. The summed E-state index contributed by atoms with van der Waals surface area (Å²) in [6.45, 7) is 8.85. The van der Waals surface area contributed by atoms with Crippen LogP contribution in [-0.2, 0) is 20.9 Å². The van der Waals surface area contributed by atoms with E-state index in [-0.39, 0.29) is 18.5 Å². The number of carbonyl (C=O) groups excluding carboxylic acids is 2. The minimum atomic E-state index is -0.592. The lowest BCUT2D eigenvalue weighted by atomic mass is 9.80. The third-order valence-corrected chi connectivity index (χ3v) is 7.07. The maximum Gasteiger partial charge on any atom is 0.410 e. The highest BCUT2D eigenvalue weighted by atomic mass is 16.6. The standard InChI is InChI=1S/C30H39NO5/c1-21-9-8-12-27(35-19-22-10-6-5-7-11-22)28(21)23-13-15-24(16-14-23)34-20-25-26(32)17-18-31(25)29(33)36-30(2,3)4/h5-12,23-25H,13-20H2,1-4H3. The van der Waals surface area contributed by atoms with Crippen molar-refractivity contribution in [2.75, 3.05) is 13.2 Å². The lowest BCUT2D eigenvalue weighted by molar-refractivity contribution is -0.122. The number of hydrogen-bond acceptors (Lipinski definition) is 5. The average Bonchev–Trinajstić information content (AvgIpc) is 3.22. The molecule has 6 nitrogen and oxygen atoms in total. The van der Waals surface area contributed by atoms with Gasteiger partial charge >= 0.3 is 6.09 Å². The molecule has 0 bridgehead atoms. The third kappa shape index (κ3) is 6.67. The van der Waals surface area contributed by atoms with Gasteiger partial charge in [0.1, 0.15) is 24.0 Å². The number of rotatable bonds is 7. The highest BCUT2D eigenvalue weighted by Crippen LogP contribution is 2.40. The zero-order valence-electron chi connectivity index (χ0n) is 22.0. The SMILES string of the molecule is Cc1cccc(OCc2ccccc2)c1C1CCC(OCC2C(=O)CCN2C(=O)OC(C)(C)C)CC1. The molecular weight excluding hydrogens is 454 g/mol. The van der Waals surface area contributed by atoms with Crippen molar-refractivity contribution >= 4 is 11.9 Å². The van der Waals surface area contributed by atoms with Crippen molar-refractivity contribution in [3.8, 4) is 5.75 Å². The molecule has 1 aliphatic carbocycles. The van der Waals surface area contributed by atoms with Gasteiger partial charge in [0.15, 0.2) is 5.78 Å². The van der Waals surface area contributed by atoms with E-state index in [1.54, 1.807) is 0 Å². The number of Topliss-reactive ketones (excluding diaryl/α,β-unsaturated/α-hetero) is 1. The Labute approximate surface area is 214 Å². The topological polar surface area (TPSA) is 65.1 Å². The Hall–Kier alpha value is -2.86. The predicted molar refractivity (Wildman–Crippen MR) is 139 cm³/mol. The highest BCUT2D eigenvalue weighted by Gasteiger charge is 2.39. The van der Waals surface area contributed by atoms with Gasteiger partial charge in [0.05, 0.1) is 12.7 Å². The van der Waals surface area contributed by atoms with Crippen LogP contribution in [0.2, 0.25) is 0 Å². The smallest absolute Gasteiger partial charge is 0.410 e. The number of benzene rings is 2. The fourth-order valence-electron chi connectivity index (χ4n) is 5.23. The molecule has 1 aliphatic heterocycles. The Morgan fingerprint density at radius 1 is 1.00 bits per heavy atom. The Kier molecular flexibility index (Phi) is 8.35. The molecule has 1 saturated carbocycles. The van der Waals surface area contributed by atoms with Crippen molar-refractivity contribution in [2.45, 2.75) is 90.1 Å². The summed E-state index contributed by atoms with van der Waals surface area (Å²) in [5.74, 6) is 1.44. The zero-order chi connectivity index (χ0) is 25.7. The molecule has 36 heavy (non-hydrogen) atoms. The van der Waals surface area contributed by atoms with E-state index in [1.807, 2.05) is 39.0 Å². The van der Waals surface area contributed by atoms with E-state index in [4.69, 9.17) is 14.2 Å². The number of amides is 1. The van der Waals surface area contributed by atoms with Crippen molar-refractivity contribution in [3.05, 3.63) is 65.2 Å². The molecule has 2 aromatic carbocycles. The summed E-state index contributed by atoms with van der Waals surface area (Å²) in [5.41, 5.74) is 3.12. The molecule has 2 fully saturated rings. The second-order valence-electron chi connectivity index (χ2n) is 11.0. The maximum absolute atomic E-state index is 12.6. The highest BCUT2D eigenvalue weighted by molar-refractivity contribution is 5.90. The first-order valence-corrected chi connectivity index (χ1v) is 13.1. The second-order valence-corrected chi connectivity index (χ2v) is 11.0. The first-order chi connectivity index (χ1) is 17.2. The van der Waals surface area contributed by atoms with E-state index in [1.165, 1.54) is 16.0 Å². The van der Waals surface area contributed by atoms with Crippen LogP contribution in [0.4, 0.5) is 4.79 Å². The molecule has 2 aliphatic rings. The largest absolute Gasteiger partial charge is 0.489 e. The Bertz CT molecular complexity index is 1040. The van der Waals surface area contributed by atoms with Crippen molar-refractivity contribution in [3.63, 3.8) is 0 Å². The van der Waals surface area contributed by atoms with Gasteiger partial charge in [-0.2, -0.15) is 0 Å². The number of likely N-dealkylation sites (tertiary alicyclic amines) is 1. The average molecular weight is 494 g/mol. The van der Waals surface area contributed by atoms with Gasteiger partial charge in [-0.05, 0) is 76.5 Å². The second kappa shape index (κ2) is 11.5. The lowest BCUT2D eigenvalue weighted by Gasteiger charge is -2.32. The molecule has 6 heteroatoms. The molecule has 0 N–H and O–H groups in total. The first kappa shape index (κ1) is 26.2. The summed E-state index contributed by atoms with van der Waals surface area (Å²) in [5, 5.41) is 0. The molecule has 1 atom stereocenters. The van der Waals surface area contributed by atoms with Gasteiger partial charge in [0.2, 0.25) is 0 Å². The number of hydrogen-bond donors (Lipinski definition) is 0. The van der Waals surface area contributed by atoms with Gasteiger partial charge in [-0.15, -0.1) is 0 Å². The van der Waals surface area contributed by atoms with Gasteiger partial charge in [0, 0.05) is 18.5 Å². The third-order valence-electron chi connectivity index (χ3n) is 7.07. The summed E-state index contributed by atoms with van der Waals surface area (Å²) in [7, 11) is 0. The summed E-state index contributed by atoms with van der Waals surface area (Å²) >= 11 is 0. The maximum atomic E-state index is 12.6. The monoisotopic (exact) mass is 493 g/mol. The Morgan fingerprint density at radius 3 is 2.42 bits per heavy atom. The van der Waals surface area contributed by atoms with Gasteiger partial charge < -0.3 is 14.2 Å². The molecular formula is C30H39NO5. The summed E-state index contributed by atoms with van der Waals surface area (Å²) in [6, 6.07) is 16.0. The normalized spacial score (nSPS) is 22.5. The van der Waals surface area contributed by atoms with Crippen LogP contribution in [0.25, 0.3) is 0 Å². The molecule has 1 heterocycles. The predicted octanol–water partition coefficient (Wildman–Crippen LogP) is 6.20. The zero-order valence-corrected chi connectivity index (χ0v) is 22.0. The minimum Gasteiger partial charge on any atom is -0.489 e. The van der Waals surface area contributed by atoms with Crippen LogP contribution in [0.3, 0.4) is 0 Å². The Morgan fingerprint density at radius 2 is 1.72 bits per heavy atom. The molecule has 0 spiro atoms. The van der Waals surface area contributed by atoms with Crippen molar-refractivity contribution < 1.29 is 23.8 Å². The summed E-state index contributed by atoms with van der Waals surface area (Å²) in [4.78, 5) is 26.6. The van der Waals surface area contributed by atoms with E-state index in [9.17, 15) is 9.59 Å². The van der Waals surface area contributed by atoms with E-state index in [2.05, 4.69) is 37.3 Å². The van der Waals surface area contributed by atoms with Crippen molar-refractivity contribution in [1.82, 2.24) is 4.90 Å². The Balaban J connectivity index is 1.32. The molecule has 0 radical (unpaired) electrons. The van der Waals surface area contributed by atoms with Crippen LogP contribution in [0.5, 0.6) is 5.75 Å². The van der Waals surface area contributed by atoms with Gasteiger partial charge in [-0.1, -0.05) is 42.5 Å². The van der Waals surface area contributed by atoms with Crippen LogP contribution < -0.4 is 4.74 Å². The summed E-state index contributed by atoms with van der Waals surface area (Å²) in [6.07, 6.45) is 3.87. The van der Waals surface area contributed by atoms with Crippen LogP contribution in [0, 0.1) is 6.92 Å². The number of aryl methyl sites for hydroxylation is 1. The van der Waals surface area contributed by atoms with Gasteiger partial charge in [0.25, 0.3) is 0 Å². The fraction of sp³-hybridized carbons (Fsp3) is 0.533. The van der Waals surface area contributed by atoms with E-state index >= 15 is 0 Å². The number of ether oxygens (including phenoxy) is 3. The lowest BCUT2D eigenvalue weighted by Crippen LogP contribution is -2.44. The molecule has 1 amide bonds. The fourth-order valence-corrected chi connectivity index (χ4v) is 5.23. The van der Waals surface area contributed by atoms with Gasteiger partial charge in [-0.25, -0.2) is 4.79 Å².